The van der Waals surface area contributed by atoms with E-state index in [-0.39, 0.29) is 10.5 Å². The summed E-state index contributed by atoms with van der Waals surface area (Å²) in [5.41, 5.74) is 0.572. The summed E-state index contributed by atoms with van der Waals surface area (Å²) in [7, 11) is -4.09. The van der Waals surface area contributed by atoms with Crippen molar-refractivity contribution >= 4 is 27.8 Å². The summed E-state index contributed by atoms with van der Waals surface area (Å²) in [4.78, 5) is 12.7. The molecule has 146 valence electrons. The van der Waals surface area contributed by atoms with Crippen LogP contribution in [0.2, 0.25) is 0 Å². The Bertz CT molecular complexity index is 1060. The van der Waals surface area contributed by atoms with E-state index in [1.54, 1.807) is 0 Å². The second-order valence-electron chi connectivity index (χ2n) is 6.25. The van der Waals surface area contributed by atoms with Crippen LogP contribution in [0.3, 0.4) is 0 Å². The molecule has 0 bridgehead atoms. The van der Waals surface area contributed by atoms with E-state index in [1.807, 2.05) is 59.4 Å². The number of rotatable bonds is 8. The number of aromatic carboxylic acids is 1. The molecule has 0 saturated carbocycles. The smallest absolute Gasteiger partial charge is 0.335 e. The number of hydrogen-bond acceptors (Lipinski definition) is 4. The van der Waals surface area contributed by atoms with Crippen molar-refractivity contribution in [2.45, 2.75) is 34.1 Å². The zero-order valence-electron chi connectivity index (χ0n) is 15.0. The summed E-state index contributed by atoms with van der Waals surface area (Å²) in [6, 6.07) is 15.9. The van der Waals surface area contributed by atoms with Crippen molar-refractivity contribution in [1.29, 1.82) is 0 Å². The largest absolute Gasteiger partial charge is 0.478 e. The van der Waals surface area contributed by atoms with Gasteiger partial charge in [0.2, 0.25) is 10.0 Å². The second kappa shape index (κ2) is 8.64. The Kier molecular flexibility index (Phi) is 6.23. The van der Waals surface area contributed by atoms with Crippen molar-refractivity contribution in [2.75, 3.05) is 0 Å². The molecule has 1 aromatic heterocycles. The monoisotopic (exact) mass is 416 g/mol. The van der Waals surface area contributed by atoms with Crippen LogP contribution in [0.1, 0.15) is 22.3 Å². The van der Waals surface area contributed by atoms with Crippen LogP contribution in [0, 0.1) is 0 Å². The maximum Gasteiger partial charge on any atom is 0.335 e. The number of hydrogen-bond donors (Lipinski definition) is 2. The van der Waals surface area contributed by atoms with E-state index >= 15 is 0 Å². The molecule has 28 heavy (non-hydrogen) atoms. The normalized spacial score (nSPS) is 11.5. The van der Waals surface area contributed by atoms with Gasteiger partial charge in [0.1, 0.15) is 0 Å². The fourth-order valence-electron chi connectivity index (χ4n) is 2.87. The van der Waals surface area contributed by atoms with Gasteiger partial charge in [-0.1, -0.05) is 30.0 Å². The average molecular weight is 417 g/mol. The highest BCUT2D eigenvalue weighted by atomic mass is 32.2. The lowest BCUT2D eigenvalue weighted by molar-refractivity contribution is 0.0696. The second-order valence-corrected chi connectivity index (χ2v) is 8.87. The first-order chi connectivity index (χ1) is 13.3. The van der Waals surface area contributed by atoms with Crippen LogP contribution in [0.15, 0.2) is 81.7 Å². The molecular formula is C20H20N2O4S2. The van der Waals surface area contributed by atoms with Gasteiger partial charge in [-0.25, -0.2) is 18.4 Å². The number of carboxylic acids is 1. The summed E-state index contributed by atoms with van der Waals surface area (Å²) in [6.45, 7) is 0.741. The Labute approximate surface area is 168 Å². The first kappa shape index (κ1) is 20.2. The maximum absolute atomic E-state index is 12.2. The lowest BCUT2D eigenvalue weighted by atomic mass is 10.1. The minimum Gasteiger partial charge on any atom is -0.478 e. The van der Waals surface area contributed by atoms with Crippen LogP contribution in [-0.4, -0.2) is 24.1 Å². The lowest BCUT2D eigenvalue weighted by Gasteiger charge is -2.15. The number of aryl methyl sites for hydroxylation is 2. The molecule has 0 radical (unpaired) electrons. The van der Waals surface area contributed by atoms with Gasteiger partial charge in [0.15, 0.2) is 0 Å². The third-order valence-corrected chi connectivity index (χ3v) is 6.44. The predicted octanol–water partition coefficient (Wildman–Crippen LogP) is 3.62. The molecule has 0 aliphatic rings. The van der Waals surface area contributed by atoms with E-state index in [1.165, 1.54) is 17.8 Å². The molecule has 0 spiro atoms. The standard InChI is InChI=1S/C20H20N2O4S2/c21-28(25,26)18-14-16(20(23)24)13-15(7-6-12-22-10-4-5-11-22)19(18)27-17-8-2-1-3-9-17/h1-5,8-11,13-14H,6-7,12H2,(H,23,24)(H2,21,25,26). The molecule has 3 rings (SSSR count). The van der Waals surface area contributed by atoms with Crippen molar-refractivity contribution in [3.05, 3.63) is 78.1 Å². The van der Waals surface area contributed by atoms with Gasteiger partial charge in [0.05, 0.1) is 10.5 Å². The molecule has 3 N–H and O–H groups in total. The number of nitrogens with zero attached hydrogens (tertiary/aromatic N) is 1. The Morgan fingerprint density at radius 1 is 1.07 bits per heavy atom. The summed E-state index contributed by atoms with van der Waals surface area (Å²) in [5.74, 6) is -1.19. The molecule has 0 atom stereocenters. The molecule has 8 heteroatoms. The van der Waals surface area contributed by atoms with Crippen LogP contribution in [-0.2, 0) is 23.0 Å². The number of nitrogens with two attached hydrogens (primary N) is 1. The van der Waals surface area contributed by atoms with Gasteiger partial charge in [0.25, 0.3) is 0 Å². The third-order valence-electron chi connectivity index (χ3n) is 4.18. The fourth-order valence-corrected chi connectivity index (χ4v) is 5.01. The van der Waals surface area contributed by atoms with Crippen molar-refractivity contribution < 1.29 is 18.3 Å². The molecule has 1 heterocycles. The zero-order valence-corrected chi connectivity index (χ0v) is 16.6. The average Bonchev–Trinajstić information content (AvgIpc) is 3.16. The molecule has 6 nitrogen and oxygen atoms in total. The Balaban J connectivity index is 2.02. The fraction of sp³-hybridized carbons (Fsp3) is 0.150. The third kappa shape index (κ3) is 5.03. The lowest BCUT2D eigenvalue weighted by Crippen LogP contribution is -2.16. The van der Waals surface area contributed by atoms with E-state index < -0.39 is 16.0 Å². The number of aromatic nitrogens is 1. The van der Waals surface area contributed by atoms with Crippen molar-refractivity contribution in [2.24, 2.45) is 5.14 Å². The molecule has 0 amide bonds. The SMILES string of the molecule is NS(=O)(=O)c1cc(C(=O)O)cc(CCCn2cccc2)c1Sc1ccccc1. The van der Waals surface area contributed by atoms with Crippen LogP contribution in [0.4, 0.5) is 0 Å². The Morgan fingerprint density at radius 2 is 1.75 bits per heavy atom. The number of benzene rings is 2. The van der Waals surface area contributed by atoms with E-state index in [0.717, 1.165) is 23.9 Å². The summed E-state index contributed by atoms with van der Waals surface area (Å²) in [6.07, 6.45) is 5.15. The van der Waals surface area contributed by atoms with Gasteiger partial charge in [-0.2, -0.15) is 0 Å². The zero-order chi connectivity index (χ0) is 20.1. The summed E-state index contributed by atoms with van der Waals surface area (Å²) >= 11 is 1.28. The van der Waals surface area contributed by atoms with Crippen LogP contribution >= 0.6 is 11.8 Å². The molecule has 2 aromatic carbocycles. The van der Waals surface area contributed by atoms with Crippen LogP contribution in [0.5, 0.6) is 0 Å². The Morgan fingerprint density at radius 3 is 2.36 bits per heavy atom. The number of carbonyl (C=O) groups is 1. The Hall–Kier alpha value is -2.55. The molecular weight excluding hydrogens is 396 g/mol. The summed E-state index contributed by atoms with van der Waals surface area (Å²) in [5, 5.41) is 14.8. The number of sulfonamides is 1. The van der Waals surface area contributed by atoms with Gasteiger partial charge in [-0.15, -0.1) is 0 Å². The van der Waals surface area contributed by atoms with Gasteiger partial charge >= 0.3 is 5.97 Å². The molecule has 0 aliphatic heterocycles. The van der Waals surface area contributed by atoms with Crippen molar-refractivity contribution in [3.63, 3.8) is 0 Å². The molecule has 0 saturated heterocycles. The van der Waals surface area contributed by atoms with E-state index in [4.69, 9.17) is 5.14 Å². The molecule has 0 fully saturated rings. The van der Waals surface area contributed by atoms with Gasteiger partial charge in [0, 0.05) is 28.7 Å². The van der Waals surface area contributed by atoms with E-state index in [0.29, 0.717) is 16.9 Å². The maximum atomic E-state index is 12.2. The highest BCUT2D eigenvalue weighted by molar-refractivity contribution is 8.00. The minimum absolute atomic E-state index is 0.0857. The van der Waals surface area contributed by atoms with Crippen LogP contribution in [0.25, 0.3) is 0 Å². The highest BCUT2D eigenvalue weighted by Crippen LogP contribution is 2.37. The van der Waals surface area contributed by atoms with E-state index in [9.17, 15) is 18.3 Å². The number of primary sulfonamides is 1. The molecule has 3 aromatic rings. The van der Waals surface area contributed by atoms with Gasteiger partial charge in [-0.05, 0) is 54.8 Å². The molecule has 0 aliphatic carbocycles. The number of carboxylic acid groups (broad SMARTS) is 1. The first-order valence-corrected chi connectivity index (χ1v) is 11.0. The first-order valence-electron chi connectivity index (χ1n) is 8.61. The van der Waals surface area contributed by atoms with Gasteiger partial charge in [-0.3, -0.25) is 0 Å². The predicted molar refractivity (Wildman–Crippen MR) is 108 cm³/mol. The highest BCUT2D eigenvalue weighted by Gasteiger charge is 2.22. The van der Waals surface area contributed by atoms with Crippen molar-refractivity contribution in [1.82, 2.24) is 4.57 Å². The quantitative estimate of drug-likeness (QED) is 0.584. The minimum atomic E-state index is -4.09. The van der Waals surface area contributed by atoms with Crippen LogP contribution < -0.4 is 5.14 Å². The van der Waals surface area contributed by atoms with Gasteiger partial charge < -0.3 is 9.67 Å². The topological polar surface area (TPSA) is 102 Å². The van der Waals surface area contributed by atoms with Crippen molar-refractivity contribution in [3.8, 4) is 0 Å². The summed E-state index contributed by atoms with van der Waals surface area (Å²) < 4.78 is 26.4. The molecule has 0 unspecified atom stereocenters. The van der Waals surface area contributed by atoms with E-state index in [2.05, 4.69) is 0 Å².